The van der Waals surface area contributed by atoms with Crippen LogP contribution in [0.15, 0.2) is 24.3 Å². The van der Waals surface area contributed by atoms with Gasteiger partial charge in [0.05, 0.1) is 5.75 Å². The number of benzene rings is 1. The molecule has 0 amide bonds. The van der Waals surface area contributed by atoms with Crippen molar-refractivity contribution in [1.82, 2.24) is 0 Å². The Labute approximate surface area is 88.8 Å². The molecule has 0 N–H and O–H groups in total. The molecule has 15 heavy (non-hydrogen) atoms. The molecule has 0 aliphatic heterocycles. The lowest BCUT2D eigenvalue weighted by Gasteiger charge is -2.05. The third-order valence-corrected chi connectivity index (χ3v) is 2.63. The number of carbonyl (C=O) groups is 1. The van der Waals surface area contributed by atoms with E-state index in [1.807, 2.05) is 0 Å². The minimum atomic E-state index is -3.00. The zero-order chi connectivity index (χ0) is 11.3. The summed E-state index contributed by atoms with van der Waals surface area (Å²) in [7, 11) is -3.00. The lowest BCUT2D eigenvalue weighted by atomic mass is 10.2. The number of ether oxygens (including phenoxy) is 1. The molecule has 82 valence electrons. The Balaban J connectivity index is 2.54. The van der Waals surface area contributed by atoms with Gasteiger partial charge >= 0.3 is 0 Å². The van der Waals surface area contributed by atoms with Gasteiger partial charge in [-0.3, -0.25) is 4.79 Å². The quantitative estimate of drug-likeness (QED) is 0.703. The summed E-state index contributed by atoms with van der Waals surface area (Å²) in [6.07, 6.45) is 1.86. The van der Waals surface area contributed by atoms with Crippen molar-refractivity contribution < 1.29 is 17.9 Å². The Hall–Kier alpha value is -1.36. The summed E-state index contributed by atoms with van der Waals surface area (Å²) in [5, 5.41) is 0. The number of hydrogen-bond acceptors (Lipinski definition) is 4. The molecule has 0 saturated carbocycles. The van der Waals surface area contributed by atoms with Gasteiger partial charge in [-0.15, -0.1) is 0 Å². The summed E-state index contributed by atoms with van der Waals surface area (Å²) >= 11 is 0. The molecule has 0 aromatic heterocycles. The maximum atomic E-state index is 10.8. The van der Waals surface area contributed by atoms with Crippen LogP contribution in [0, 0.1) is 0 Å². The number of carbonyl (C=O) groups excluding carboxylic acids is 1. The van der Waals surface area contributed by atoms with Gasteiger partial charge in [-0.2, -0.15) is 0 Å². The summed E-state index contributed by atoms with van der Waals surface area (Å²) in [4.78, 5) is 10.4. The molecule has 0 aliphatic rings. The summed E-state index contributed by atoms with van der Waals surface area (Å²) < 4.78 is 26.8. The van der Waals surface area contributed by atoms with Gasteiger partial charge in [0.25, 0.3) is 0 Å². The van der Waals surface area contributed by atoms with Crippen molar-refractivity contribution in [3.05, 3.63) is 29.8 Å². The van der Waals surface area contributed by atoms with Crippen molar-refractivity contribution >= 4 is 16.1 Å². The Morgan fingerprint density at radius 3 is 2.73 bits per heavy atom. The van der Waals surface area contributed by atoms with Crippen LogP contribution in [0.1, 0.15) is 10.4 Å². The molecule has 1 aromatic carbocycles. The monoisotopic (exact) mass is 228 g/mol. The molecule has 0 fully saturated rings. The van der Waals surface area contributed by atoms with E-state index < -0.39 is 9.84 Å². The first-order chi connectivity index (χ1) is 7.01. The van der Waals surface area contributed by atoms with Gasteiger partial charge in [0.15, 0.2) is 9.84 Å². The molecule has 1 rings (SSSR count). The summed E-state index contributed by atoms with van der Waals surface area (Å²) in [5.74, 6) is 0.474. The van der Waals surface area contributed by atoms with Crippen molar-refractivity contribution in [3.63, 3.8) is 0 Å². The van der Waals surface area contributed by atoms with Crippen LogP contribution in [-0.2, 0) is 9.84 Å². The third kappa shape index (κ3) is 4.60. The summed E-state index contributed by atoms with van der Waals surface area (Å²) in [6, 6.07) is 6.57. The predicted octanol–water partition coefficient (Wildman–Crippen LogP) is 0.923. The van der Waals surface area contributed by atoms with E-state index in [4.69, 9.17) is 4.74 Å². The fraction of sp³-hybridized carbons (Fsp3) is 0.300. The standard InChI is InChI=1S/C10H12O4S/c1-15(12,13)6-5-14-10-4-2-3-9(7-10)8-11/h2-4,7-8H,5-6H2,1H3. The number of hydrogen-bond donors (Lipinski definition) is 0. The minimum absolute atomic E-state index is 0.0294. The van der Waals surface area contributed by atoms with Crippen LogP contribution in [0.25, 0.3) is 0 Å². The average molecular weight is 228 g/mol. The maximum Gasteiger partial charge on any atom is 0.150 e. The Kier molecular flexibility index (Phi) is 3.85. The van der Waals surface area contributed by atoms with Crippen LogP contribution in [0.2, 0.25) is 0 Å². The minimum Gasteiger partial charge on any atom is -0.493 e. The first-order valence-corrected chi connectivity index (χ1v) is 6.43. The summed E-state index contributed by atoms with van der Waals surface area (Å²) in [5.41, 5.74) is 0.506. The van der Waals surface area contributed by atoms with E-state index in [0.29, 0.717) is 17.6 Å². The van der Waals surface area contributed by atoms with Crippen LogP contribution in [0.5, 0.6) is 5.75 Å². The Morgan fingerprint density at radius 2 is 2.13 bits per heavy atom. The number of sulfone groups is 1. The smallest absolute Gasteiger partial charge is 0.150 e. The average Bonchev–Trinajstić information content (AvgIpc) is 2.16. The van der Waals surface area contributed by atoms with Crippen LogP contribution in [0.3, 0.4) is 0 Å². The van der Waals surface area contributed by atoms with E-state index in [9.17, 15) is 13.2 Å². The molecule has 0 aliphatic carbocycles. The van der Waals surface area contributed by atoms with Gasteiger partial charge in [0.2, 0.25) is 0 Å². The first-order valence-electron chi connectivity index (χ1n) is 4.37. The molecular formula is C10H12O4S. The van der Waals surface area contributed by atoms with Crippen LogP contribution in [0.4, 0.5) is 0 Å². The second-order valence-electron chi connectivity index (χ2n) is 3.17. The van der Waals surface area contributed by atoms with Crippen LogP contribution < -0.4 is 4.74 Å². The largest absolute Gasteiger partial charge is 0.493 e. The van der Waals surface area contributed by atoms with E-state index in [1.54, 1.807) is 24.3 Å². The van der Waals surface area contributed by atoms with Gasteiger partial charge in [-0.1, -0.05) is 12.1 Å². The normalized spacial score (nSPS) is 11.0. The van der Waals surface area contributed by atoms with Gasteiger partial charge in [-0.25, -0.2) is 8.42 Å². The fourth-order valence-electron chi connectivity index (χ4n) is 0.989. The molecule has 0 spiro atoms. The Bertz CT molecular complexity index is 436. The topological polar surface area (TPSA) is 60.4 Å². The molecular weight excluding hydrogens is 216 g/mol. The molecule has 0 saturated heterocycles. The molecule has 5 heteroatoms. The van der Waals surface area contributed by atoms with Crippen molar-refractivity contribution in [2.75, 3.05) is 18.6 Å². The lowest BCUT2D eigenvalue weighted by Crippen LogP contribution is -2.12. The second kappa shape index (κ2) is 4.93. The van der Waals surface area contributed by atoms with E-state index in [0.717, 1.165) is 6.26 Å². The van der Waals surface area contributed by atoms with Crippen LogP contribution in [-0.4, -0.2) is 33.3 Å². The van der Waals surface area contributed by atoms with Gasteiger partial charge in [-0.05, 0) is 12.1 Å². The molecule has 1 aromatic rings. The molecule has 0 atom stereocenters. The van der Waals surface area contributed by atoms with E-state index in [2.05, 4.69) is 0 Å². The molecule has 0 radical (unpaired) electrons. The zero-order valence-electron chi connectivity index (χ0n) is 8.34. The molecule has 0 heterocycles. The predicted molar refractivity (Wildman–Crippen MR) is 57.0 cm³/mol. The highest BCUT2D eigenvalue weighted by Gasteiger charge is 2.02. The molecule has 4 nitrogen and oxygen atoms in total. The Morgan fingerprint density at radius 1 is 1.40 bits per heavy atom. The highest BCUT2D eigenvalue weighted by atomic mass is 32.2. The van der Waals surface area contributed by atoms with Crippen molar-refractivity contribution in [2.24, 2.45) is 0 Å². The van der Waals surface area contributed by atoms with Gasteiger partial charge in [0.1, 0.15) is 18.6 Å². The van der Waals surface area contributed by atoms with E-state index in [1.165, 1.54) is 0 Å². The third-order valence-electron chi connectivity index (χ3n) is 1.72. The SMILES string of the molecule is CS(=O)(=O)CCOc1cccc(C=O)c1. The van der Waals surface area contributed by atoms with E-state index >= 15 is 0 Å². The van der Waals surface area contributed by atoms with Gasteiger partial charge in [0, 0.05) is 11.8 Å². The summed E-state index contributed by atoms with van der Waals surface area (Å²) in [6.45, 7) is 0.0984. The van der Waals surface area contributed by atoms with Gasteiger partial charge < -0.3 is 4.74 Å². The highest BCUT2D eigenvalue weighted by molar-refractivity contribution is 7.90. The second-order valence-corrected chi connectivity index (χ2v) is 5.43. The van der Waals surface area contributed by atoms with Crippen molar-refractivity contribution in [3.8, 4) is 5.75 Å². The molecule has 0 unspecified atom stereocenters. The highest BCUT2D eigenvalue weighted by Crippen LogP contribution is 2.11. The number of aldehydes is 1. The lowest BCUT2D eigenvalue weighted by molar-refractivity contribution is 0.112. The fourth-order valence-corrected chi connectivity index (χ4v) is 1.37. The number of rotatable bonds is 5. The molecule has 0 bridgehead atoms. The first kappa shape index (κ1) is 11.7. The maximum absolute atomic E-state index is 10.8. The zero-order valence-corrected chi connectivity index (χ0v) is 9.16. The van der Waals surface area contributed by atoms with E-state index in [-0.39, 0.29) is 12.4 Å². The van der Waals surface area contributed by atoms with Crippen molar-refractivity contribution in [1.29, 1.82) is 0 Å². The van der Waals surface area contributed by atoms with Crippen molar-refractivity contribution in [2.45, 2.75) is 0 Å². The van der Waals surface area contributed by atoms with Crippen LogP contribution >= 0.6 is 0 Å².